The summed E-state index contributed by atoms with van der Waals surface area (Å²) in [4.78, 5) is 8.35. The number of ether oxygens (including phenoxy) is 3. The first-order chi connectivity index (χ1) is 13.3. The summed E-state index contributed by atoms with van der Waals surface area (Å²) in [6, 6.07) is 6.46. The summed E-state index contributed by atoms with van der Waals surface area (Å²) in [6.45, 7) is -0.271. The van der Waals surface area contributed by atoms with E-state index in [4.69, 9.17) is 36.2 Å². The van der Waals surface area contributed by atoms with Gasteiger partial charge in [-0.15, -0.1) is 0 Å². The van der Waals surface area contributed by atoms with E-state index >= 15 is 0 Å². The lowest BCUT2D eigenvalue weighted by molar-refractivity contribution is 0.288. The first-order valence-electron chi connectivity index (χ1n) is 7.63. The number of fused-ring (bicyclic) bond motifs is 1. The fourth-order valence-corrected chi connectivity index (χ4v) is 3.47. The third-order valence-corrected chi connectivity index (χ3v) is 4.89. The van der Waals surface area contributed by atoms with Gasteiger partial charge >= 0.3 is 0 Å². The van der Waals surface area contributed by atoms with Gasteiger partial charge in [-0.25, -0.2) is 13.6 Å². The molecule has 0 saturated heterocycles. The molecule has 0 aliphatic heterocycles. The van der Waals surface area contributed by atoms with Gasteiger partial charge in [0.15, 0.2) is 6.61 Å². The maximum Gasteiger partial charge on any atom is 0.266 e. The van der Waals surface area contributed by atoms with Crippen molar-refractivity contribution in [1.82, 2.24) is 14.5 Å². The molecule has 2 heterocycles. The molecule has 3 aromatic rings. The highest BCUT2D eigenvalue weighted by molar-refractivity contribution is 7.89. The number of rotatable bonds is 6. The Balaban J connectivity index is 2.31. The van der Waals surface area contributed by atoms with E-state index in [1.54, 1.807) is 12.1 Å². The monoisotopic (exact) mass is 423 g/mol. The second-order valence-electron chi connectivity index (χ2n) is 5.39. The van der Waals surface area contributed by atoms with Crippen molar-refractivity contribution in [2.75, 3.05) is 20.8 Å². The summed E-state index contributed by atoms with van der Waals surface area (Å²) in [5.74, 6) is 0.0629. The molecule has 0 aliphatic rings. The fourth-order valence-electron chi connectivity index (χ4n) is 2.57. The van der Waals surface area contributed by atoms with Crippen molar-refractivity contribution in [2.24, 2.45) is 5.14 Å². The Morgan fingerprint density at radius 3 is 2.43 bits per heavy atom. The second-order valence-corrected chi connectivity index (χ2v) is 7.35. The van der Waals surface area contributed by atoms with E-state index in [-0.39, 0.29) is 35.0 Å². The molecule has 28 heavy (non-hydrogen) atoms. The number of primary sulfonamides is 1. The topological polar surface area (TPSA) is 142 Å². The molecule has 1 aromatic carbocycles. The zero-order chi connectivity index (χ0) is 20.5. The van der Waals surface area contributed by atoms with Crippen molar-refractivity contribution >= 4 is 32.5 Å². The van der Waals surface area contributed by atoms with Crippen molar-refractivity contribution < 1.29 is 22.6 Å². The third kappa shape index (κ3) is 3.53. The maximum absolute atomic E-state index is 12.0. The van der Waals surface area contributed by atoms with Crippen LogP contribution in [0.25, 0.3) is 16.9 Å². The lowest BCUT2D eigenvalue weighted by Crippen LogP contribution is -2.11. The smallest absolute Gasteiger partial charge is 0.266 e. The van der Waals surface area contributed by atoms with Crippen LogP contribution in [-0.4, -0.2) is 43.8 Å². The van der Waals surface area contributed by atoms with E-state index < -0.39 is 10.0 Å². The Labute approximate surface area is 165 Å². The highest BCUT2D eigenvalue weighted by Crippen LogP contribution is 2.36. The van der Waals surface area contributed by atoms with Gasteiger partial charge in [0.25, 0.3) is 11.8 Å². The Bertz CT molecular complexity index is 1180. The number of nitrogens with zero attached hydrogens (tertiary/aromatic N) is 4. The van der Waals surface area contributed by atoms with Crippen LogP contribution in [0.1, 0.15) is 0 Å². The molecule has 2 N–H and O–H groups in total. The molecule has 0 atom stereocenters. The van der Waals surface area contributed by atoms with Gasteiger partial charge in [-0.2, -0.15) is 15.2 Å². The molecular weight excluding hydrogens is 410 g/mol. The first-order valence-corrected chi connectivity index (χ1v) is 9.56. The molecule has 146 valence electrons. The Hall–Kier alpha value is -3.07. The van der Waals surface area contributed by atoms with E-state index in [1.807, 2.05) is 6.07 Å². The molecule has 0 unspecified atom stereocenters. The van der Waals surface area contributed by atoms with Gasteiger partial charge in [-0.05, 0) is 18.2 Å². The van der Waals surface area contributed by atoms with Gasteiger partial charge in [-0.1, -0.05) is 11.6 Å². The van der Waals surface area contributed by atoms with Crippen LogP contribution < -0.4 is 19.3 Å². The number of sulfonamides is 1. The number of methoxy groups -OCH3 is 2. The van der Waals surface area contributed by atoms with Crippen LogP contribution in [0.3, 0.4) is 0 Å². The van der Waals surface area contributed by atoms with Crippen LogP contribution in [0.2, 0.25) is 5.02 Å². The molecule has 0 radical (unpaired) electrons. The molecule has 0 bridgehead atoms. The lowest BCUT2D eigenvalue weighted by atomic mass is 10.2. The SMILES string of the molecule is COc1nc(-n2cc(S(N)(=O)=O)c3ccc(Cl)cc32)nc(OC)c1OCC#N. The number of benzene rings is 1. The van der Waals surface area contributed by atoms with Gasteiger partial charge in [0.2, 0.25) is 21.7 Å². The summed E-state index contributed by atoms with van der Waals surface area (Å²) in [7, 11) is -1.32. The van der Waals surface area contributed by atoms with Gasteiger partial charge in [0, 0.05) is 16.6 Å². The minimum atomic E-state index is -4.02. The van der Waals surface area contributed by atoms with Crippen molar-refractivity contribution in [2.45, 2.75) is 4.90 Å². The van der Waals surface area contributed by atoms with Gasteiger partial charge < -0.3 is 14.2 Å². The number of hydrogen-bond donors (Lipinski definition) is 1. The molecule has 0 spiro atoms. The second kappa shape index (κ2) is 7.51. The normalized spacial score (nSPS) is 11.2. The first kappa shape index (κ1) is 19.7. The zero-order valence-electron chi connectivity index (χ0n) is 14.7. The van der Waals surface area contributed by atoms with Gasteiger partial charge in [0.05, 0.1) is 19.7 Å². The van der Waals surface area contributed by atoms with E-state index in [1.165, 1.54) is 31.0 Å². The van der Waals surface area contributed by atoms with Crippen LogP contribution in [0, 0.1) is 11.3 Å². The van der Waals surface area contributed by atoms with Crippen LogP contribution in [0.4, 0.5) is 0 Å². The Morgan fingerprint density at radius 2 is 1.89 bits per heavy atom. The van der Waals surface area contributed by atoms with Crippen molar-refractivity contribution in [3.05, 3.63) is 29.4 Å². The quantitative estimate of drug-likeness (QED) is 0.630. The zero-order valence-corrected chi connectivity index (χ0v) is 16.3. The van der Waals surface area contributed by atoms with E-state index in [0.29, 0.717) is 15.9 Å². The van der Waals surface area contributed by atoms with Crippen LogP contribution in [0.5, 0.6) is 17.5 Å². The number of nitriles is 1. The summed E-state index contributed by atoms with van der Waals surface area (Å²) in [5.41, 5.74) is 0.409. The average molecular weight is 424 g/mol. The van der Waals surface area contributed by atoms with Gasteiger partial charge in [-0.3, -0.25) is 4.57 Å². The van der Waals surface area contributed by atoms with Crippen LogP contribution >= 0.6 is 11.6 Å². The molecule has 0 fully saturated rings. The minimum absolute atomic E-state index is 0.00173. The van der Waals surface area contributed by atoms with Crippen molar-refractivity contribution in [3.8, 4) is 29.5 Å². The third-order valence-electron chi connectivity index (χ3n) is 3.71. The number of nitrogens with two attached hydrogens (primary N) is 1. The highest BCUT2D eigenvalue weighted by atomic mass is 35.5. The molecule has 2 aromatic heterocycles. The fraction of sp³-hybridized carbons (Fsp3) is 0.188. The summed E-state index contributed by atoms with van der Waals surface area (Å²) in [6.07, 6.45) is 1.28. The highest BCUT2D eigenvalue weighted by Gasteiger charge is 2.23. The summed E-state index contributed by atoms with van der Waals surface area (Å²) in [5, 5.41) is 14.8. The van der Waals surface area contributed by atoms with E-state index in [0.717, 1.165) is 0 Å². The Morgan fingerprint density at radius 1 is 1.25 bits per heavy atom. The molecule has 0 amide bonds. The number of aromatic nitrogens is 3. The predicted octanol–water partition coefficient (Wildman–Crippen LogP) is 1.64. The van der Waals surface area contributed by atoms with Crippen LogP contribution in [-0.2, 0) is 10.0 Å². The lowest BCUT2D eigenvalue weighted by Gasteiger charge is -2.13. The summed E-state index contributed by atoms with van der Waals surface area (Å²) >= 11 is 6.07. The molecule has 0 aliphatic carbocycles. The van der Waals surface area contributed by atoms with E-state index in [2.05, 4.69) is 9.97 Å². The maximum atomic E-state index is 12.0. The molecule has 3 rings (SSSR count). The average Bonchev–Trinajstić information content (AvgIpc) is 3.04. The summed E-state index contributed by atoms with van der Waals surface area (Å²) < 4.78 is 41.1. The standard InChI is InChI=1S/C16H14ClN5O5S/c1-25-14-13(27-6-5-18)15(26-2)21-16(20-14)22-8-12(28(19,23)24)10-4-3-9(17)7-11(10)22/h3-4,7-8H,6H2,1-2H3,(H2,19,23,24). The number of halogens is 1. The predicted molar refractivity (Wildman–Crippen MR) is 99.5 cm³/mol. The molecule has 0 saturated carbocycles. The largest absolute Gasteiger partial charge is 0.478 e. The van der Waals surface area contributed by atoms with Gasteiger partial charge in [0.1, 0.15) is 11.0 Å². The van der Waals surface area contributed by atoms with Crippen molar-refractivity contribution in [1.29, 1.82) is 5.26 Å². The molecule has 10 nitrogen and oxygen atoms in total. The minimum Gasteiger partial charge on any atom is -0.478 e. The van der Waals surface area contributed by atoms with Crippen LogP contribution in [0.15, 0.2) is 29.3 Å². The van der Waals surface area contributed by atoms with Crippen molar-refractivity contribution in [3.63, 3.8) is 0 Å². The Kier molecular flexibility index (Phi) is 5.28. The van der Waals surface area contributed by atoms with E-state index in [9.17, 15) is 8.42 Å². The number of hydrogen-bond acceptors (Lipinski definition) is 8. The molecular formula is C16H14ClN5O5S. The molecule has 12 heteroatoms.